The topological polar surface area (TPSA) is 75.6 Å². The van der Waals surface area contributed by atoms with Crippen molar-refractivity contribution in [2.24, 2.45) is 0 Å². The second-order valence-corrected chi connectivity index (χ2v) is 7.38. The van der Waals surface area contributed by atoms with Crippen molar-refractivity contribution < 1.29 is 19.4 Å². The molecule has 0 unspecified atom stereocenters. The maximum atomic E-state index is 12.6. The van der Waals surface area contributed by atoms with E-state index in [0.29, 0.717) is 5.39 Å². The molecule has 0 saturated carbocycles. The standard InChI is InChI=1S/C24H23NO4/c1-15(23(27)25-21-12-6-9-16-7-2-4-10-18(16)21)29-24(28)20-14-13-17-8-3-5-11-19(17)22(20)26/h2-5,7-8,10-11,13-15,21,26H,6,9,12H2,1H3,(H,25,27)/t15-,21+/m1/s1. The maximum Gasteiger partial charge on any atom is 0.342 e. The number of phenols is 1. The smallest absolute Gasteiger partial charge is 0.342 e. The predicted molar refractivity (Wildman–Crippen MR) is 111 cm³/mol. The minimum absolute atomic E-state index is 0.0476. The third-order valence-corrected chi connectivity index (χ3v) is 5.46. The Morgan fingerprint density at radius 1 is 1.07 bits per heavy atom. The number of carbonyl (C=O) groups excluding carboxylic acids is 2. The molecule has 1 amide bonds. The van der Waals surface area contributed by atoms with Crippen LogP contribution in [0, 0.1) is 0 Å². The molecule has 5 nitrogen and oxygen atoms in total. The lowest BCUT2D eigenvalue weighted by Crippen LogP contribution is -2.39. The van der Waals surface area contributed by atoms with Gasteiger partial charge in [0.1, 0.15) is 11.3 Å². The van der Waals surface area contributed by atoms with E-state index < -0.39 is 12.1 Å². The molecule has 29 heavy (non-hydrogen) atoms. The third kappa shape index (κ3) is 3.81. The van der Waals surface area contributed by atoms with Crippen molar-refractivity contribution in [3.05, 3.63) is 77.4 Å². The molecule has 3 aromatic rings. The van der Waals surface area contributed by atoms with E-state index in [1.807, 2.05) is 30.3 Å². The van der Waals surface area contributed by atoms with Crippen LogP contribution in [0.25, 0.3) is 10.8 Å². The fourth-order valence-electron chi connectivity index (χ4n) is 3.89. The van der Waals surface area contributed by atoms with Crippen LogP contribution in [0.2, 0.25) is 0 Å². The Morgan fingerprint density at radius 2 is 1.83 bits per heavy atom. The van der Waals surface area contributed by atoms with Gasteiger partial charge in [-0.3, -0.25) is 4.79 Å². The van der Waals surface area contributed by atoms with E-state index >= 15 is 0 Å². The molecule has 0 aromatic heterocycles. The van der Waals surface area contributed by atoms with E-state index in [4.69, 9.17) is 4.74 Å². The normalized spacial score (nSPS) is 16.7. The number of rotatable bonds is 4. The molecule has 3 aromatic carbocycles. The molecule has 0 heterocycles. The summed E-state index contributed by atoms with van der Waals surface area (Å²) >= 11 is 0. The van der Waals surface area contributed by atoms with E-state index in [1.165, 1.54) is 11.6 Å². The van der Waals surface area contributed by atoms with E-state index in [2.05, 4.69) is 11.4 Å². The number of hydrogen-bond acceptors (Lipinski definition) is 4. The van der Waals surface area contributed by atoms with Gasteiger partial charge in [-0.25, -0.2) is 4.79 Å². The van der Waals surface area contributed by atoms with Gasteiger partial charge in [-0.1, -0.05) is 54.6 Å². The Hall–Kier alpha value is -3.34. The van der Waals surface area contributed by atoms with E-state index in [0.717, 1.165) is 30.2 Å². The van der Waals surface area contributed by atoms with Gasteiger partial charge in [-0.05, 0) is 48.8 Å². The first-order chi connectivity index (χ1) is 14.0. The lowest BCUT2D eigenvalue weighted by atomic mass is 9.87. The van der Waals surface area contributed by atoms with Gasteiger partial charge >= 0.3 is 5.97 Å². The third-order valence-electron chi connectivity index (χ3n) is 5.46. The van der Waals surface area contributed by atoms with Gasteiger partial charge in [-0.2, -0.15) is 0 Å². The molecule has 0 aliphatic heterocycles. The number of esters is 1. The number of aromatic hydroxyl groups is 1. The summed E-state index contributed by atoms with van der Waals surface area (Å²) in [5.74, 6) is -1.21. The fraction of sp³-hybridized carbons (Fsp3) is 0.250. The van der Waals surface area contributed by atoms with Crippen LogP contribution in [0.4, 0.5) is 0 Å². The molecule has 0 spiro atoms. The molecule has 2 atom stereocenters. The zero-order valence-corrected chi connectivity index (χ0v) is 16.2. The molecule has 148 valence electrons. The first-order valence-electron chi connectivity index (χ1n) is 9.84. The Kier molecular flexibility index (Phi) is 5.21. The zero-order chi connectivity index (χ0) is 20.4. The van der Waals surface area contributed by atoms with Crippen molar-refractivity contribution in [2.75, 3.05) is 0 Å². The highest BCUT2D eigenvalue weighted by Crippen LogP contribution is 2.31. The van der Waals surface area contributed by atoms with Crippen molar-refractivity contribution in [2.45, 2.75) is 38.3 Å². The monoisotopic (exact) mass is 389 g/mol. The molecule has 0 radical (unpaired) electrons. The number of carbonyl (C=O) groups is 2. The van der Waals surface area contributed by atoms with Gasteiger partial charge in [0.15, 0.2) is 6.10 Å². The van der Waals surface area contributed by atoms with Gasteiger partial charge in [0, 0.05) is 5.39 Å². The Morgan fingerprint density at radius 3 is 2.69 bits per heavy atom. The Labute approximate surface area is 169 Å². The quantitative estimate of drug-likeness (QED) is 0.653. The second-order valence-electron chi connectivity index (χ2n) is 7.38. The molecule has 0 fully saturated rings. The summed E-state index contributed by atoms with van der Waals surface area (Å²) in [4.78, 5) is 25.2. The van der Waals surface area contributed by atoms with Crippen LogP contribution in [0.5, 0.6) is 5.75 Å². The minimum Gasteiger partial charge on any atom is -0.506 e. The van der Waals surface area contributed by atoms with Crippen LogP contribution in [0.15, 0.2) is 60.7 Å². The first-order valence-corrected chi connectivity index (χ1v) is 9.84. The van der Waals surface area contributed by atoms with Crippen molar-refractivity contribution in [3.63, 3.8) is 0 Å². The lowest BCUT2D eigenvalue weighted by molar-refractivity contribution is -0.130. The molecule has 0 bridgehead atoms. The van der Waals surface area contributed by atoms with Gasteiger partial charge in [-0.15, -0.1) is 0 Å². The molecule has 0 saturated heterocycles. The molecule has 4 rings (SSSR count). The highest BCUT2D eigenvalue weighted by molar-refractivity contribution is 6.01. The number of fused-ring (bicyclic) bond motifs is 2. The van der Waals surface area contributed by atoms with Crippen molar-refractivity contribution in [1.82, 2.24) is 5.32 Å². The lowest BCUT2D eigenvalue weighted by Gasteiger charge is -2.27. The molecule has 2 N–H and O–H groups in total. The van der Waals surface area contributed by atoms with Crippen LogP contribution in [0.3, 0.4) is 0 Å². The maximum absolute atomic E-state index is 12.6. The van der Waals surface area contributed by atoms with E-state index in [-0.39, 0.29) is 23.3 Å². The molecular weight excluding hydrogens is 366 g/mol. The molecular formula is C24H23NO4. The number of nitrogens with one attached hydrogen (secondary N) is 1. The molecule has 5 heteroatoms. The summed E-state index contributed by atoms with van der Waals surface area (Å²) in [6.45, 7) is 1.54. The number of benzene rings is 3. The summed E-state index contributed by atoms with van der Waals surface area (Å²) < 4.78 is 5.35. The van der Waals surface area contributed by atoms with Crippen molar-refractivity contribution >= 4 is 22.6 Å². The number of phenolic OH excluding ortho intramolecular Hbond substituents is 1. The zero-order valence-electron chi connectivity index (χ0n) is 16.2. The van der Waals surface area contributed by atoms with E-state index in [9.17, 15) is 14.7 Å². The summed E-state index contributed by atoms with van der Waals surface area (Å²) in [5.41, 5.74) is 2.42. The van der Waals surface area contributed by atoms with Crippen LogP contribution >= 0.6 is 0 Å². The summed E-state index contributed by atoms with van der Waals surface area (Å²) in [6.07, 6.45) is 1.90. The van der Waals surface area contributed by atoms with Crippen LogP contribution in [-0.2, 0) is 16.0 Å². The average molecular weight is 389 g/mol. The summed E-state index contributed by atoms with van der Waals surface area (Å²) in [5, 5.41) is 14.8. The van der Waals surface area contributed by atoms with Gasteiger partial charge in [0.2, 0.25) is 0 Å². The van der Waals surface area contributed by atoms with E-state index in [1.54, 1.807) is 25.1 Å². The largest absolute Gasteiger partial charge is 0.506 e. The summed E-state index contributed by atoms with van der Waals surface area (Å²) in [6, 6.07) is 18.5. The Balaban J connectivity index is 1.46. The van der Waals surface area contributed by atoms with Crippen LogP contribution < -0.4 is 5.32 Å². The molecule has 1 aliphatic carbocycles. The van der Waals surface area contributed by atoms with Crippen LogP contribution in [-0.4, -0.2) is 23.1 Å². The number of amides is 1. The highest BCUT2D eigenvalue weighted by Gasteiger charge is 2.26. The number of aryl methyl sites for hydroxylation is 1. The van der Waals surface area contributed by atoms with Gasteiger partial charge in [0.25, 0.3) is 5.91 Å². The fourth-order valence-corrected chi connectivity index (χ4v) is 3.89. The summed E-state index contributed by atoms with van der Waals surface area (Å²) in [7, 11) is 0. The van der Waals surface area contributed by atoms with Crippen molar-refractivity contribution in [3.8, 4) is 5.75 Å². The Bertz CT molecular complexity index is 1080. The average Bonchev–Trinajstić information content (AvgIpc) is 2.74. The second kappa shape index (κ2) is 7.95. The predicted octanol–water partition coefficient (Wildman–Crippen LogP) is 4.28. The van der Waals surface area contributed by atoms with Gasteiger partial charge in [0.05, 0.1) is 6.04 Å². The van der Waals surface area contributed by atoms with Crippen molar-refractivity contribution in [1.29, 1.82) is 0 Å². The molecule has 1 aliphatic rings. The number of hydrogen-bond donors (Lipinski definition) is 2. The highest BCUT2D eigenvalue weighted by atomic mass is 16.5. The minimum atomic E-state index is -0.970. The van der Waals surface area contributed by atoms with Crippen LogP contribution in [0.1, 0.15) is 47.3 Å². The SMILES string of the molecule is C[C@@H](OC(=O)c1ccc2ccccc2c1O)C(=O)N[C@H]1CCCc2ccccc21. The van der Waals surface area contributed by atoms with Gasteiger partial charge < -0.3 is 15.2 Å². The first kappa shape index (κ1) is 19.0. The number of ether oxygens (including phenoxy) is 1.